The Hall–Kier alpha value is -1.85. The second-order valence-corrected chi connectivity index (χ2v) is 2.93. The van der Waals surface area contributed by atoms with Gasteiger partial charge in [0.1, 0.15) is 12.1 Å². The molecule has 1 N–H and O–H groups in total. The topological polar surface area (TPSA) is 85.6 Å². The van der Waals surface area contributed by atoms with E-state index >= 15 is 0 Å². The maximum absolute atomic E-state index is 8.81. The lowest BCUT2D eigenvalue weighted by Crippen LogP contribution is -2.08. The Bertz CT molecular complexity index is 396. The van der Waals surface area contributed by atoms with E-state index in [1.165, 1.54) is 6.33 Å². The molecule has 0 aromatic carbocycles. The van der Waals surface area contributed by atoms with E-state index in [0.29, 0.717) is 6.42 Å². The lowest BCUT2D eigenvalue weighted by atomic mass is 10.2. The number of hydrogen-bond donors (Lipinski definition) is 1. The highest BCUT2D eigenvalue weighted by molar-refractivity contribution is 5.36. The van der Waals surface area contributed by atoms with Crippen LogP contribution in [-0.4, -0.2) is 21.3 Å². The van der Waals surface area contributed by atoms with Gasteiger partial charge in [-0.15, -0.1) is 0 Å². The Morgan fingerprint density at radius 3 is 2.79 bits per heavy atom. The molecule has 0 fully saturated rings. The Morgan fingerprint density at radius 2 is 2.29 bits per heavy atom. The summed E-state index contributed by atoms with van der Waals surface area (Å²) in [4.78, 5) is 3.81. The second kappa shape index (κ2) is 4.40. The molecule has 1 unspecified atom stereocenters. The molecule has 72 valence electrons. The van der Waals surface area contributed by atoms with Crippen LogP contribution in [0.4, 0.5) is 0 Å². The first-order valence-electron chi connectivity index (χ1n) is 4.22. The molecule has 0 saturated carbocycles. The third kappa shape index (κ3) is 1.73. The number of aliphatic hydroxyl groups is 1. The van der Waals surface area contributed by atoms with Crippen LogP contribution in [0.2, 0.25) is 0 Å². The standard InChI is InChI=1S/C9H10N4O/c1-7(2-3-14)13-6-12-8(4-10)9(13)5-11/h6-7,14H,2-3H2,1H3. The van der Waals surface area contributed by atoms with Crippen molar-refractivity contribution < 1.29 is 5.11 Å². The van der Waals surface area contributed by atoms with E-state index in [0.717, 1.165) is 0 Å². The molecule has 0 bridgehead atoms. The first-order valence-corrected chi connectivity index (χ1v) is 4.22. The molecule has 1 aromatic rings. The monoisotopic (exact) mass is 190 g/mol. The number of nitrogens with zero attached hydrogens (tertiary/aromatic N) is 4. The van der Waals surface area contributed by atoms with E-state index in [4.69, 9.17) is 15.6 Å². The lowest BCUT2D eigenvalue weighted by molar-refractivity contribution is 0.262. The van der Waals surface area contributed by atoms with Crippen LogP contribution >= 0.6 is 0 Å². The van der Waals surface area contributed by atoms with Crippen molar-refractivity contribution in [3.05, 3.63) is 17.7 Å². The van der Waals surface area contributed by atoms with Gasteiger partial charge in [0.05, 0.1) is 6.33 Å². The molecule has 1 heterocycles. The maximum atomic E-state index is 8.81. The quantitative estimate of drug-likeness (QED) is 0.754. The summed E-state index contributed by atoms with van der Waals surface area (Å²) in [6.07, 6.45) is 1.99. The molecule has 0 spiro atoms. The smallest absolute Gasteiger partial charge is 0.176 e. The summed E-state index contributed by atoms with van der Waals surface area (Å²) in [5, 5.41) is 26.2. The molecule has 0 radical (unpaired) electrons. The molecule has 5 nitrogen and oxygen atoms in total. The molecule has 14 heavy (non-hydrogen) atoms. The van der Waals surface area contributed by atoms with E-state index in [-0.39, 0.29) is 24.0 Å². The largest absolute Gasteiger partial charge is 0.396 e. The molecule has 0 aliphatic carbocycles. The summed E-state index contributed by atoms with van der Waals surface area (Å²) in [6.45, 7) is 1.91. The van der Waals surface area contributed by atoms with E-state index in [2.05, 4.69) is 4.98 Å². The predicted molar refractivity (Wildman–Crippen MR) is 48.1 cm³/mol. The highest BCUT2D eigenvalue weighted by atomic mass is 16.3. The molecular weight excluding hydrogens is 180 g/mol. The van der Waals surface area contributed by atoms with Crippen molar-refractivity contribution in [3.8, 4) is 12.1 Å². The average Bonchev–Trinajstić information content (AvgIpc) is 2.60. The molecule has 1 atom stereocenters. The van der Waals surface area contributed by atoms with Crippen molar-refractivity contribution in [1.29, 1.82) is 10.5 Å². The number of hydrogen-bond acceptors (Lipinski definition) is 4. The Labute approximate surface area is 81.8 Å². The third-order valence-corrected chi connectivity index (χ3v) is 2.03. The minimum atomic E-state index is -0.0238. The van der Waals surface area contributed by atoms with Crippen LogP contribution in [0.15, 0.2) is 6.33 Å². The van der Waals surface area contributed by atoms with Crippen LogP contribution in [0.25, 0.3) is 0 Å². The summed E-state index contributed by atoms with van der Waals surface area (Å²) in [6, 6.07) is 3.75. The second-order valence-electron chi connectivity index (χ2n) is 2.93. The van der Waals surface area contributed by atoms with Gasteiger partial charge in [0, 0.05) is 12.6 Å². The van der Waals surface area contributed by atoms with Gasteiger partial charge < -0.3 is 9.67 Å². The molecule has 0 amide bonds. The number of rotatable bonds is 3. The fourth-order valence-corrected chi connectivity index (χ4v) is 1.21. The van der Waals surface area contributed by atoms with Crippen molar-refractivity contribution in [2.45, 2.75) is 19.4 Å². The molecule has 1 rings (SSSR count). The summed E-state index contributed by atoms with van der Waals surface area (Å²) < 4.78 is 1.61. The first kappa shape index (κ1) is 10.2. The van der Waals surface area contributed by atoms with Gasteiger partial charge in [-0.25, -0.2) is 4.98 Å². The molecule has 5 heteroatoms. The first-order chi connectivity index (χ1) is 6.74. The SMILES string of the molecule is CC(CCO)n1cnc(C#N)c1C#N. The van der Waals surface area contributed by atoms with E-state index in [9.17, 15) is 0 Å². The number of aromatic nitrogens is 2. The predicted octanol–water partition coefficient (Wildman–Crippen LogP) is 0.570. The Balaban J connectivity index is 3.06. The summed E-state index contributed by atoms with van der Waals surface area (Å²) >= 11 is 0. The zero-order valence-corrected chi connectivity index (χ0v) is 7.80. The van der Waals surface area contributed by atoms with Gasteiger partial charge in [-0.1, -0.05) is 0 Å². The van der Waals surface area contributed by atoms with Crippen molar-refractivity contribution in [1.82, 2.24) is 9.55 Å². The third-order valence-electron chi connectivity index (χ3n) is 2.03. The van der Waals surface area contributed by atoms with E-state index in [1.807, 2.05) is 19.1 Å². The van der Waals surface area contributed by atoms with Crippen LogP contribution in [0, 0.1) is 22.7 Å². The minimum absolute atomic E-state index is 0.0238. The normalized spacial score (nSPS) is 11.7. The Kier molecular flexibility index (Phi) is 3.22. The highest BCUT2D eigenvalue weighted by Gasteiger charge is 2.13. The summed E-state index contributed by atoms with van der Waals surface area (Å²) in [5.41, 5.74) is 0.394. The molecule has 1 aromatic heterocycles. The zero-order chi connectivity index (χ0) is 10.6. The fraction of sp³-hybridized carbons (Fsp3) is 0.444. The van der Waals surface area contributed by atoms with Crippen LogP contribution in [0.5, 0.6) is 0 Å². The molecule has 0 aliphatic rings. The zero-order valence-electron chi connectivity index (χ0n) is 7.80. The van der Waals surface area contributed by atoms with Crippen LogP contribution in [0.1, 0.15) is 30.8 Å². The number of nitriles is 2. The maximum Gasteiger partial charge on any atom is 0.176 e. The van der Waals surface area contributed by atoms with Crippen LogP contribution < -0.4 is 0 Å². The lowest BCUT2D eigenvalue weighted by Gasteiger charge is -2.11. The van der Waals surface area contributed by atoms with Crippen molar-refractivity contribution in [3.63, 3.8) is 0 Å². The van der Waals surface area contributed by atoms with Crippen molar-refractivity contribution >= 4 is 0 Å². The summed E-state index contributed by atoms with van der Waals surface area (Å²) in [7, 11) is 0. The van der Waals surface area contributed by atoms with Gasteiger partial charge in [-0.3, -0.25) is 0 Å². The van der Waals surface area contributed by atoms with Gasteiger partial charge in [-0.2, -0.15) is 10.5 Å². The van der Waals surface area contributed by atoms with Gasteiger partial charge in [0.2, 0.25) is 0 Å². The van der Waals surface area contributed by atoms with Crippen molar-refractivity contribution in [2.24, 2.45) is 0 Å². The number of imidazole rings is 1. The Morgan fingerprint density at radius 1 is 1.57 bits per heavy atom. The van der Waals surface area contributed by atoms with Crippen LogP contribution in [-0.2, 0) is 0 Å². The average molecular weight is 190 g/mol. The highest BCUT2D eigenvalue weighted by Crippen LogP contribution is 2.15. The molecular formula is C9H10N4O. The number of aliphatic hydroxyl groups excluding tert-OH is 1. The van der Waals surface area contributed by atoms with Gasteiger partial charge in [0.15, 0.2) is 11.4 Å². The molecule has 0 aliphatic heterocycles. The van der Waals surface area contributed by atoms with Gasteiger partial charge in [0.25, 0.3) is 0 Å². The minimum Gasteiger partial charge on any atom is -0.396 e. The van der Waals surface area contributed by atoms with Gasteiger partial charge >= 0.3 is 0 Å². The molecule has 0 saturated heterocycles. The van der Waals surface area contributed by atoms with Gasteiger partial charge in [-0.05, 0) is 13.3 Å². The van der Waals surface area contributed by atoms with Crippen LogP contribution in [0.3, 0.4) is 0 Å². The van der Waals surface area contributed by atoms with E-state index < -0.39 is 0 Å². The van der Waals surface area contributed by atoms with E-state index in [1.54, 1.807) is 4.57 Å². The fourth-order valence-electron chi connectivity index (χ4n) is 1.21. The van der Waals surface area contributed by atoms with Crippen molar-refractivity contribution in [2.75, 3.05) is 6.61 Å². The summed E-state index contributed by atoms with van der Waals surface area (Å²) in [5.74, 6) is 0.